The van der Waals surface area contributed by atoms with Crippen LogP contribution >= 0.6 is 0 Å². The van der Waals surface area contributed by atoms with Crippen molar-refractivity contribution in [2.75, 3.05) is 13.2 Å². The number of carbonyl (C=O) groups is 2. The van der Waals surface area contributed by atoms with Crippen molar-refractivity contribution in [3.8, 4) is 0 Å². The Hall–Kier alpha value is -1.92. The maximum Gasteiger partial charge on any atom is 0.305 e. The van der Waals surface area contributed by atoms with E-state index in [1.165, 1.54) is 315 Å². The highest BCUT2D eigenvalue weighted by Crippen LogP contribution is 2.19. The molecule has 472 valence electrons. The first-order valence-electron chi connectivity index (χ1n) is 36.2. The Balaban J connectivity index is 3.40. The molecule has 0 rings (SSSR count). The summed E-state index contributed by atoms with van der Waals surface area (Å²) in [5.41, 5.74) is 0. The van der Waals surface area contributed by atoms with Crippen molar-refractivity contribution in [2.45, 2.75) is 411 Å². The zero-order chi connectivity index (χ0) is 57.8. The summed E-state index contributed by atoms with van der Waals surface area (Å²) in [6.07, 6.45) is 89.1. The molecule has 0 spiro atoms. The van der Waals surface area contributed by atoms with Gasteiger partial charge in [0.1, 0.15) is 0 Å². The van der Waals surface area contributed by atoms with Crippen LogP contribution in [-0.4, -0.2) is 47.4 Å². The van der Waals surface area contributed by atoms with E-state index in [4.69, 9.17) is 4.74 Å². The van der Waals surface area contributed by atoms with Crippen LogP contribution in [0.3, 0.4) is 0 Å². The van der Waals surface area contributed by atoms with Crippen LogP contribution in [0, 0.1) is 0 Å². The maximum atomic E-state index is 12.5. The molecule has 0 aliphatic heterocycles. The highest BCUT2D eigenvalue weighted by atomic mass is 16.5. The smallest absolute Gasteiger partial charge is 0.305 e. The molecule has 2 unspecified atom stereocenters. The zero-order valence-corrected chi connectivity index (χ0v) is 54.1. The van der Waals surface area contributed by atoms with Gasteiger partial charge in [-0.05, 0) is 83.5 Å². The summed E-state index contributed by atoms with van der Waals surface area (Å²) < 4.78 is 5.49. The van der Waals surface area contributed by atoms with Gasteiger partial charge in [-0.3, -0.25) is 9.59 Å². The molecule has 0 aromatic rings. The van der Waals surface area contributed by atoms with Gasteiger partial charge >= 0.3 is 5.97 Å². The van der Waals surface area contributed by atoms with Crippen LogP contribution < -0.4 is 5.32 Å². The number of allylic oxidation sites excluding steroid dienone is 6. The molecule has 0 bridgehead atoms. The number of ether oxygens (including phenoxy) is 1. The van der Waals surface area contributed by atoms with Crippen LogP contribution in [0.15, 0.2) is 36.5 Å². The van der Waals surface area contributed by atoms with Crippen LogP contribution in [-0.2, 0) is 14.3 Å². The maximum absolute atomic E-state index is 12.5. The monoisotopic (exact) mass is 1120 g/mol. The molecule has 6 nitrogen and oxygen atoms in total. The van der Waals surface area contributed by atoms with Crippen molar-refractivity contribution >= 4 is 11.9 Å². The van der Waals surface area contributed by atoms with E-state index in [9.17, 15) is 19.8 Å². The quantitative estimate of drug-likeness (QED) is 0.0320. The third-order valence-electron chi connectivity index (χ3n) is 16.9. The Labute approximate surface area is 500 Å². The molecule has 80 heavy (non-hydrogen) atoms. The second-order valence-electron chi connectivity index (χ2n) is 24.9. The topological polar surface area (TPSA) is 95.9 Å². The van der Waals surface area contributed by atoms with Gasteiger partial charge in [-0.15, -0.1) is 0 Å². The van der Waals surface area contributed by atoms with E-state index in [-0.39, 0.29) is 18.5 Å². The van der Waals surface area contributed by atoms with Crippen LogP contribution in [0.25, 0.3) is 0 Å². The predicted octanol–water partition coefficient (Wildman–Crippen LogP) is 23.5. The minimum absolute atomic E-state index is 0.00517. The Morgan fingerprint density at radius 2 is 0.625 bits per heavy atom. The third-order valence-corrected chi connectivity index (χ3v) is 16.9. The average molecular weight is 1120 g/mol. The summed E-state index contributed by atoms with van der Waals surface area (Å²) in [5.74, 6) is -0.0274. The summed E-state index contributed by atoms with van der Waals surface area (Å²) in [6.45, 7) is 4.98. The van der Waals surface area contributed by atoms with E-state index < -0.39 is 12.1 Å². The Morgan fingerprint density at radius 1 is 0.350 bits per heavy atom. The molecule has 0 heterocycles. The lowest BCUT2D eigenvalue weighted by atomic mass is 10.0. The minimum Gasteiger partial charge on any atom is -0.466 e. The lowest BCUT2D eigenvalue weighted by Gasteiger charge is -2.22. The molecule has 0 aliphatic carbocycles. The molecule has 1 amide bonds. The molecule has 0 aromatic carbocycles. The molecule has 0 aromatic heterocycles. The van der Waals surface area contributed by atoms with Crippen LogP contribution in [0.5, 0.6) is 0 Å². The summed E-state index contributed by atoms with van der Waals surface area (Å²) in [4.78, 5) is 24.6. The Kier molecular flexibility index (Phi) is 67.9. The normalized spacial score (nSPS) is 12.7. The van der Waals surface area contributed by atoms with Gasteiger partial charge in [0.2, 0.25) is 5.91 Å². The Bertz CT molecular complexity index is 1300. The fourth-order valence-electron chi connectivity index (χ4n) is 11.4. The number of nitrogens with one attached hydrogen (secondary N) is 1. The van der Waals surface area contributed by atoms with Crippen molar-refractivity contribution in [2.24, 2.45) is 0 Å². The first-order valence-corrected chi connectivity index (χ1v) is 36.2. The van der Waals surface area contributed by atoms with E-state index in [1.807, 2.05) is 0 Å². The fourth-order valence-corrected chi connectivity index (χ4v) is 11.4. The molecular formula is C74H141NO5. The molecule has 0 fully saturated rings. The summed E-state index contributed by atoms with van der Waals surface area (Å²) >= 11 is 0. The molecule has 2 atom stereocenters. The zero-order valence-electron chi connectivity index (χ0n) is 54.1. The number of carbonyl (C=O) groups excluding carboxylic acids is 2. The number of hydrogen-bond donors (Lipinski definition) is 3. The van der Waals surface area contributed by atoms with Crippen molar-refractivity contribution in [1.29, 1.82) is 0 Å². The number of aliphatic hydroxyl groups excluding tert-OH is 2. The standard InChI is InChI=1S/C74H141NO5/c1-3-5-7-9-11-13-15-17-19-21-35-38-42-46-50-54-58-62-66-72(77)71(70-76)75-73(78)67-63-59-55-51-47-43-39-36-33-31-29-27-25-23-22-24-26-28-30-32-34-37-41-45-49-53-57-61-65-69-80-74(79)68-64-60-56-52-48-44-40-20-18-16-14-12-10-8-6-4-2/h20,22,24,28,30,40,71-72,76-77H,3-19,21,23,25-27,29,31-39,41-70H2,1-2H3,(H,75,78)/b24-22-,30-28-,40-20-. The van der Waals surface area contributed by atoms with E-state index in [2.05, 4.69) is 55.6 Å². The van der Waals surface area contributed by atoms with Gasteiger partial charge in [-0.1, -0.05) is 339 Å². The molecule has 6 heteroatoms. The number of hydrogen-bond acceptors (Lipinski definition) is 5. The first-order chi connectivity index (χ1) is 39.5. The fraction of sp³-hybridized carbons (Fsp3) is 0.892. The average Bonchev–Trinajstić information content (AvgIpc) is 3.46. The predicted molar refractivity (Wildman–Crippen MR) is 352 cm³/mol. The minimum atomic E-state index is -0.666. The second kappa shape index (κ2) is 69.6. The van der Waals surface area contributed by atoms with Crippen molar-refractivity contribution < 1.29 is 24.5 Å². The van der Waals surface area contributed by atoms with Crippen LogP contribution in [0.4, 0.5) is 0 Å². The Morgan fingerprint density at radius 3 is 0.963 bits per heavy atom. The largest absolute Gasteiger partial charge is 0.466 e. The van der Waals surface area contributed by atoms with Crippen molar-refractivity contribution in [3.63, 3.8) is 0 Å². The number of amides is 1. The van der Waals surface area contributed by atoms with Gasteiger partial charge in [-0.25, -0.2) is 0 Å². The molecule has 0 saturated heterocycles. The van der Waals surface area contributed by atoms with Gasteiger partial charge in [-0.2, -0.15) is 0 Å². The molecular weight excluding hydrogens is 983 g/mol. The van der Waals surface area contributed by atoms with Crippen LogP contribution in [0.2, 0.25) is 0 Å². The van der Waals surface area contributed by atoms with Gasteiger partial charge in [0.15, 0.2) is 0 Å². The molecule has 3 N–H and O–H groups in total. The summed E-state index contributed by atoms with van der Waals surface area (Å²) in [7, 11) is 0. The SMILES string of the molecule is CCCCCCCCC/C=C\CCCCCCCC(=O)OCCCCCCCCCCC/C=C\C/C=C\CCCCCCCCCCCCCCCC(=O)NC(CO)C(O)CCCCCCCCCCCCCCCCCCCC. The number of unbranched alkanes of at least 4 members (excludes halogenated alkanes) is 51. The van der Waals surface area contributed by atoms with E-state index >= 15 is 0 Å². The summed E-state index contributed by atoms with van der Waals surface area (Å²) in [5, 5.41) is 23.4. The molecule has 0 aliphatic rings. The highest BCUT2D eigenvalue weighted by Gasteiger charge is 2.20. The number of aliphatic hydroxyl groups is 2. The van der Waals surface area contributed by atoms with E-state index in [1.54, 1.807) is 0 Å². The van der Waals surface area contributed by atoms with Gasteiger partial charge in [0.05, 0.1) is 25.4 Å². The highest BCUT2D eigenvalue weighted by molar-refractivity contribution is 5.76. The van der Waals surface area contributed by atoms with Crippen molar-refractivity contribution in [1.82, 2.24) is 5.32 Å². The van der Waals surface area contributed by atoms with Gasteiger partial charge in [0.25, 0.3) is 0 Å². The first kappa shape index (κ1) is 78.1. The van der Waals surface area contributed by atoms with Crippen molar-refractivity contribution in [3.05, 3.63) is 36.5 Å². The van der Waals surface area contributed by atoms with E-state index in [0.717, 1.165) is 51.4 Å². The molecule has 0 saturated carbocycles. The second-order valence-corrected chi connectivity index (χ2v) is 24.9. The van der Waals surface area contributed by atoms with Crippen LogP contribution in [0.1, 0.15) is 399 Å². The van der Waals surface area contributed by atoms with E-state index in [0.29, 0.717) is 25.9 Å². The van der Waals surface area contributed by atoms with Gasteiger partial charge in [0, 0.05) is 12.8 Å². The lowest BCUT2D eigenvalue weighted by molar-refractivity contribution is -0.143. The molecule has 0 radical (unpaired) electrons. The third kappa shape index (κ3) is 65.2. The van der Waals surface area contributed by atoms with Gasteiger partial charge < -0.3 is 20.3 Å². The summed E-state index contributed by atoms with van der Waals surface area (Å²) in [6, 6.07) is -0.543. The number of esters is 1. The lowest BCUT2D eigenvalue weighted by Crippen LogP contribution is -2.45. The number of rotatable bonds is 68.